The number of rotatable bonds is 4. The molecule has 2 rings (SSSR count). The van der Waals surface area contributed by atoms with Crippen LogP contribution in [0.4, 0.5) is 0 Å². The first-order chi connectivity index (χ1) is 9.71. The van der Waals surface area contributed by atoms with Gasteiger partial charge in [0.05, 0.1) is 24.3 Å². The normalized spacial score (nSPS) is 15.6. The Kier molecular flexibility index (Phi) is 5.11. The number of benzene rings is 1. The average Bonchev–Trinajstić information content (AvgIpc) is 2.70. The van der Waals surface area contributed by atoms with Gasteiger partial charge in [0.2, 0.25) is 0 Å². The SMILES string of the molecule is CCN(CC)C(C#N)c1cc(Cl)c2c(c1)OCCCO2. The lowest BCUT2D eigenvalue weighted by Gasteiger charge is -2.25. The Hall–Kier alpha value is -1.44. The fraction of sp³-hybridized carbons (Fsp3) is 0.533. The van der Waals surface area contributed by atoms with E-state index in [1.54, 1.807) is 6.07 Å². The van der Waals surface area contributed by atoms with Crippen molar-refractivity contribution in [3.8, 4) is 17.6 Å². The molecular weight excluding hydrogens is 276 g/mol. The van der Waals surface area contributed by atoms with Gasteiger partial charge in [0.15, 0.2) is 11.5 Å². The van der Waals surface area contributed by atoms with E-state index < -0.39 is 0 Å². The van der Waals surface area contributed by atoms with Gasteiger partial charge < -0.3 is 9.47 Å². The number of nitriles is 1. The summed E-state index contributed by atoms with van der Waals surface area (Å²) in [7, 11) is 0. The minimum absolute atomic E-state index is 0.320. The minimum atomic E-state index is -0.320. The maximum atomic E-state index is 9.46. The fourth-order valence-electron chi connectivity index (χ4n) is 2.36. The van der Waals surface area contributed by atoms with Crippen molar-refractivity contribution in [1.82, 2.24) is 4.90 Å². The molecule has 1 aromatic carbocycles. The van der Waals surface area contributed by atoms with Gasteiger partial charge in [-0.2, -0.15) is 5.26 Å². The monoisotopic (exact) mass is 294 g/mol. The molecule has 5 heteroatoms. The van der Waals surface area contributed by atoms with E-state index in [1.165, 1.54) is 0 Å². The molecule has 1 atom stereocenters. The third kappa shape index (κ3) is 3.00. The number of halogens is 1. The number of fused-ring (bicyclic) bond motifs is 1. The highest BCUT2D eigenvalue weighted by atomic mass is 35.5. The van der Waals surface area contributed by atoms with E-state index in [1.807, 2.05) is 19.9 Å². The number of ether oxygens (including phenoxy) is 2. The van der Waals surface area contributed by atoms with Crippen LogP contribution in [0.5, 0.6) is 11.5 Å². The van der Waals surface area contributed by atoms with Gasteiger partial charge in [-0.25, -0.2) is 0 Å². The summed E-state index contributed by atoms with van der Waals surface area (Å²) in [5, 5.41) is 9.96. The molecule has 0 bridgehead atoms. The Morgan fingerprint density at radius 1 is 1.30 bits per heavy atom. The number of hydrogen-bond donors (Lipinski definition) is 0. The predicted molar refractivity (Wildman–Crippen MR) is 78.3 cm³/mol. The van der Waals surface area contributed by atoms with Crippen molar-refractivity contribution < 1.29 is 9.47 Å². The molecule has 108 valence electrons. The lowest BCUT2D eigenvalue weighted by atomic mass is 10.1. The highest BCUT2D eigenvalue weighted by Crippen LogP contribution is 2.40. The average molecular weight is 295 g/mol. The molecule has 20 heavy (non-hydrogen) atoms. The summed E-state index contributed by atoms with van der Waals surface area (Å²) in [6.45, 7) is 6.90. The summed E-state index contributed by atoms with van der Waals surface area (Å²) in [4.78, 5) is 2.08. The van der Waals surface area contributed by atoms with Gasteiger partial charge in [0, 0.05) is 6.42 Å². The van der Waals surface area contributed by atoms with Crippen LogP contribution in [0.15, 0.2) is 12.1 Å². The van der Waals surface area contributed by atoms with Gasteiger partial charge in [0.25, 0.3) is 0 Å². The third-order valence-electron chi connectivity index (χ3n) is 3.44. The molecular formula is C15H19ClN2O2. The van der Waals surface area contributed by atoms with Gasteiger partial charge in [0.1, 0.15) is 6.04 Å². The van der Waals surface area contributed by atoms with Gasteiger partial charge in [-0.15, -0.1) is 0 Å². The second-order valence-electron chi connectivity index (χ2n) is 4.63. The minimum Gasteiger partial charge on any atom is -0.489 e. The van der Waals surface area contributed by atoms with Crippen LogP contribution in [0, 0.1) is 11.3 Å². The summed E-state index contributed by atoms with van der Waals surface area (Å²) < 4.78 is 11.3. The van der Waals surface area contributed by atoms with Crippen molar-refractivity contribution >= 4 is 11.6 Å². The fourth-order valence-corrected chi connectivity index (χ4v) is 2.64. The highest BCUT2D eigenvalue weighted by Gasteiger charge is 2.22. The molecule has 0 N–H and O–H groups in total. The molecule has 0 aromatic heterocycles. The van der Waals surface area contributed by atoms with Crippen LogP contribution < -0.4 is 9.47 Å². The quantitative estimate of drug-likeness (QED) is 0.854. The van der Waals surface area contributed by atoms with E-state index in [9.17, 15) is 5.26 Å². The Morgan fingerprint density at radius 2 is 2.00 bits per heavy atom. The molecule has 1 aliphatic heterocycles. The first kappa shape index (κ1) is 15.0. The number of hydrogen-bond acceptors (Lipinski definition) is 4. The Bertz CT molecular complexity index is 509. The van der Waals surface area contributed by atoms with E-state index in [2.05, 4.69) is 11.0 Å². The molecule has 0 saturated heterocycles. The molecule has 0 spiro atoms. The zero-order valence-corrected chi connectivity index (χ0v) is 12.6. The van der Waals surface area contributed by atoms with Gasteiger partial charge in [-0.05, 0) is 30.8 Å². The second kappa shape index (κ2) is 6.83. The standard InChI is InChI=1S/C15H19ClN2O2/c1-3-18(4-2)13(10-17)11-8-12(16)15-14(9-11)19-6-5-7-20-15/h8-9,13H,3-7H2,1-2H3. The molecule has 0 fully saturated rings. The van der Waals surface area contributed by atoms with E-state index >= 15 is 0 Å². The predicted octanol–water partition coefficient (Wildman–Crippen LogP) is 3.41. The van der Waals surface area contributed by atoms with E-state index in [0.29, 0.717) is 29.7 Å². The van der Waals surface area contributed by atoms with Crippen molar-refractivity contribution in [3.63, 3.8) is 0 Å². The third-order valence-corrected chi connectivity index (χ3v) is 3.72. The van der Waals surface area contributed by atoms with Crippen LogP contribution in [0.3, 0.4) is 0 Å². The van der Waals surface area contributed by atoms with Crippen molar-refractivity contribution in [3.05, 3.63) is 22.7 Å². The van der Waals surface area contributed by atoms with Gasteiger partial charge in [-0.1, -0.05) is 25.4 Å². The molecule has 4 nitrogen and oxygen atoms in total. The van der Waals surface area contributed by atoms with Crippen LogP contribution in [-0.4, -0.2) is 31.2 Å². The first-order valence-electron chi connectivity index (χ1n) is 6.94. The van der Waals surface area contributed by atoms with Crippen LogP contribution in [0.25, 0.3) is 0 Å². The molecule has 0 aliphatic carbocycles. The van der Waals surface area contributed by atoms with Crippen molar-refractivity contribution in [1.29, 1.82) is 5.26 Å². The Morgan fingerprint density at radius 3 is 2.65 bits per heavy atom. The first-order valence-corrected chi connectivity index (χ1v) is 7.31. The van der Waals surface area contributed by atoms with E-state index in [0.717, 1.165) is 25.1 Å². The molecule has 0 saturated carbocycles. The summed E-state index contributed by atoms with van der Waals surface area (Å²) >= 11 is 6.28. The van der Waals surface area contributed by atoms with Gasteiger partial charge >= 0.3 is 0 Å². The summed E-state index contributed by atoms with van der Waals surface area (Å²) in [6.07, 6.45) is 0.831. The molecule has 0 amide bonds. The topological polar surface area (TPSA) is 45.5 Å². The lowest BCUT2D eigenvalue weighted by molar-refractivity contribution is 0.261. The summed E-state index contributed by atoms with van der Waals surface area (Å²) in [5.41, 5.74) is 0.852. The van der Waals surface area contributed by atoms with E-state index in [-0.39, 0.29) is 6.04 Å². The Labute approximate surface area is 124 Å². The number of nitrogens with zero attached hydrogens (tertiary/aromatic N) is 2. The molecule has 1 aliphatic rings. The summed E-state index contributed by atoms with van der Waals surface area (Å²) in [6, 6.07) is 5.70. The van der Waals surface area contributed by atoms with Crippen molar-refractivity contribution in [2.24, 2.45) is 0 Å². The molecule has 1 heterocycles. The molecule has 1 aromatic rings. The van der Waals surface area contributed by atoms with Crippen molar-refractivity contribution in [2.75, 3.05) is 26.3 Å². The Balaban J connectivity index is 2.40. The van der Waals surface area contributed by atoms with Crippen molar-refractivity contribution in [2.45, 2.75) is 26.3 Å². The maximum absolute atomic E-state index is 9.46. The largest absolute Gasteiger partial charge is 0.489 e. The highest BCUT2D eigenvalue weighted by molar-refractivity contribution is 6.32. The smallest absolute Gasteiger partial charge is 0.179 e. The van der Waals surface area contributed by atoms with Crippen LogP contribution in [0.2, 0.25) is 5.02 Å². The van der Waals surface area contributed by atoms with E-state index in [4.69, 9.17) is 21.1 Å². The maximum Gasteiger partial charge on any atom is 0.179 e. The zero-order chi connectivity index (χ0) is 14.5. The second-order valence-corrected chi connectivity index (χ2v) is 5.04. The molecule has 0 radical (unpaired) electrons. The van der Waals surface area contributed by atoms with Crippen LogP contribution in [-0.2, 0) is 0 Å². The summed E-state index contributed by atoms with van der Waals surface area (Å²) in [5.74, 6) is 1.22. The lowest BCUT2D eigenvalue weighted by Crippen LogP contribution is -2.27. The van der Waals surface area contributed by atoms with Crippen LogP contribution in [0.1, 0.15) is 31.9 Å². The van der Waals surface area contributed by atoms with Crippen LogP contribution >= 0.6 is 11.6 Å². The van der Waals surface area contributed by atoms with Gasteiger partial charge in [-0.3, -0.25) is 4.90 Å². The molecule has 1 unspecified atom stereocenters. The zero-order valence-electron chi connectivity index (χ0n) is 11.9.